The number of piperazine rings is 1. The van der Waals surface area contributed by atoms with E-state index >= 15 is 0 Å². The largest absolute Gasteiger partial charge is 0.506 e. The summed E-state index contributed by atoms with van der Waals surface area (Å²) in [5.74, 6) is -1.64. The molecule has 2 aliphatic heterocycles. The van der Waals surface area contributed by atoms with Crippen molar-refractivity contribution in [3.63, 3.8) is 0 Å². The normalized spacial score (nSPS) is 16.3. The van der Waals surface area contributed by atoms with Crippen LogP contribution in [0, 0.1) is 12.3 Å². The van der Waals surface area contributed by atoms with E-state index in [1.54, 1.807) is 23.5 Å². The van der Waals surface area contributed by atoms with Gasteiger partial charge < -0.3 is 50.3 Å². The molecule has 0 spiro atoms. The minimum atomic E-state index is -0.879. The van der Waals surface area contributed by atoms with Gasteiger partial charge >= 0.3 is 5.97 Å². The summed E-state index contributed by atoms with van der Waals surface area (Å²) in [6, 6.07) is 17.5. The Balaban J connectivity index is 0.832. The van der Waals surface area contributed by atoms with Gasteiger partial charge in [-0.15, -0.1) is 11.3 Å². The Morgan fingerprint density at radius 3 is 2.17 bits per heavy atom. The number of likely N-dealkylation sites (tertiary alicyclic amines) is 1. The Morgan fingerprint density at radius 2 is 1.53 bits per heavy atom. The van der Waals surface area contributed by atoms with E-state index in [4.69, 9.17) is 4.74 Å². The molecule has 2 aliphatic rings. The second kappa shape index (κ2) is 24.8. The molecule has 3 atom stereocenters. The van der Waals surface area contributed by atoms with Crippen molar-refractivity contribution in [1.29, 1.82) is 0 Å². The number of aromatic hydroxyl groups is 1. The molecular formula is C52H67N7O10S. The van der Waals surface area contributed by atoms with E-state index in [1.165, 1.54) is 30.2 Å². The number of rotatable bonds is 21. The van der Waals surface area contributed by atoms with E-state index in [9.17, 15) is 39.0 Å². The summed E-state index contributed by atoms with van der Waals surface area (Å²) in [7, 11) is 1.24. The molecule has 0 bridgehead atoms. The molecule has 2 fully saturated rings. The van der Waals surface area contributed by atoms with Crippen molar-refractivity contribution >= 4 is 58.2 Å². The Morgan fingerprint density at radius 1 is 0.857 bits per heavy atom. The molecule has 70 heavy (non-hydrogen) atoms. The lowest BCUT2D eigenvalue weighted by Crippen LogP contribution is -2.57. The number of ether oxygens (including phenoxy) is 2. The average molecular weight is 982 g/mol. The van der Waals surface area contributed by atoms with Gasteiger partial charge in [-0.25, -0.2) is 9.78 Å². The molecule has 3 aromatic carbocycles. The quantitative estimate of drug-likeness (QED) is 0.0358. The van der Waals surface area contributed by atoms with Crippen molar-refractivity contribution < 1.29 is 48.5 Å². The van der Waals surface area contributed by atoms with Crippen LogP contribution in [0.15, 0.2) is 72.2 Å². The SMILES string of the molecule is COC(=O)c1ccc(O)c(NC(=O)COc2ccc(N3CCN(C(=O)CCCCCCCCC(=O)N[C@H](C(=O)N4C[C@H](O)C[C@H]4C(=O)NCc4ccc(-c5scnc5C)cc4)C(C)(C)C)CC3)cc2)c1. The number of aliphatic hydroxyl groups excluding tert-OH is 1. The lowest BCUT2D eigenvalue weighted by Gasteiger charge is -2.36. The number of phenols is 1. The van der Waals surface area contributed by atoms with Gasteiger partial charge in [0.1, 0.15) is 23.6 Å². The topological polar surface area (TPSA) is 220 Å². The van der Waals surface area contributed by atoms with Gasteiger partial charge in [0.05, 0.1) is 40.5 Å². The molecule has 5 N–H and O–H groups in total. The van der Waals surface area contributed by atoms with E-state index in [2.05, 4.69) is 30.6 Å². The second-order valence-electron chi connectivity index (χ2n) is 19.0. The lowest BCUT2D eigenvalue weighted by molar-refractivity contribution is -0.144. The number of carbonyl (C=O) groups is 6. The summed E-state index contributed by atoms with van der Waals surface area (Å²) < 4.78 is 10.3. The summed E-state index contributed by atoms with van der Waals surface area (Å²) in [5.41, 5.74) is 5.32. The van der Waals surface area contributed by atoms with Crippen LogP contribution < -0.4 is 25.6 Å². The Kier molecular flexibility index (Phi) is 18.8. The number of thiazole rings is 1. The van der Waals surface area contributed by atoms with Gasteiger partial charge in [0.25, 0.3) is 5.91 Å². The maximum atomic E-state index is 14.0. The fourth-order valence-electron chi connectivity index (χ4n) is 8.62. The zero-order valence-corrected chi connectivity index (χ0v) is 41.6. The number of β-amino-alcohol motifs (C(OH)–C–C–N with tert-alkyl or cyclic N) is 1. The van der Waals surface area contributed by atoms with Crippen LogP contribution in [0.4, 0.5) is 11.4 Å². The number of methoxy groups -OCH3 is 1. The van der Waals surface area contributed by atoms with Crippen LogP contribution in [0.2, 0.25) is 0 Å². The van der Waals surface area contributed by atoms with Crippen molar-refractivity contribution in [2.45, 2.75) is 110 Å². The first-order chi connectivity index (χ1) is 33.5. The van der Waals surface area contributed by atoms with Crippen LogP contribution >= 0.6 is 11.3 Å². The van der Waals surface area contributed by atoms with Crippen molar-refractivity contribution in [1.82, 2.24) is 25.4 Å². The van der Waals surface area contributed by atoms with Crippen LogP contribution in [0.5, 0.6) is 11.5 Å². The summed E-state index contributed by atoms with van der Waals surface area (Å²) in [6.07, 6.45) is 5.10. The fourth-order valence-corrected chi connectivity index (χ4v) is 9.44. The highest BCUT2D eigenvalue weighted by molar-refractivity contribution is 7.13. The molecule has 2 saturated heterocycles. The highest BCUT2D eigenvalue weighted by Gasteiger charge is 2.44. The summed E-state index contributed by atoms with van der Waals surface area (Å²) in [5, 5.41) is 29.1. The van der Waals surface area contributed by atoms with E-state index in [-0.39, 0.29) is 73.2 Å². The molecule has 4 aromatic rings. The maximum absolute atomic E-state index is 14.0. The number of esters is 1. The summed E-state index contributed by atoms with van der Waals surface area (Å²) >= 11 is 1.57. The molecular weight excluding hydrogens is 915 g/mol. The lowest BCUT2D eigenvalue weighted by atomic mass is 9.85. The third-order valence-corrected chi connectivity index (χ3v) is 13.6. The number of amides is 5. The minimum absolute atomic E-state index is 0.0132. The number of nitrogens with one attached hydrogen (secondary N) is 3. The number of nitrogens with zero attached hydrogens (tertiary/aromatic N) is 4. The molecule has 376 valence electrons. The predicted octanol–water partition coefficient (Wildman–Crippen LogP) is 6.21. The van der Waals surface area contributed by atoms with Crippen molar-refractivity contribution in [2.75, 3.05) is 56.7 Å². The first-order valence-electron chi connectivity index (χ1n) is 24.0. The van der Waals surface area contributed by atoms with Gasteiger partial charge in [-0.05, 0) is 78.8 Å². The Labute approximate surface area is 413 Å². The molecule has 1 aromatic heterocycles. The van der Waals surface area contributed by atoms with Crippen molar-refractivity contribution in [3.8, 4) is 21.9 Å². The van der Waals surface area contributed by atoms with Gasteiger partial charge in [-0.2, -0.15) is 0 Å². The zero-order valence-electron chi connectivity index (χ0n) is 40.8. The fraction of sp³-hybridized carbons (Fsp3) is 0.481. The molecule has 0 aliphatic carbocycles. The Hall–Kier alpha value is -6.53. The molecule has 0 saturated carbocycles. The first-order valence-corrected chi connectivity index (χ1v) is 24.9. The van der Waals surface area contributed by atoms with Gasteiger partial charge in [0, 0.05) is 64.2 Å². The third-order valence-electron chi connectivity index (χ3n) is 12.7. The van der Waals surface area contributed by atoms with E-state index in [0.717, 1.165) is 59.5 Å². The minimum Gasteiger partial charge on any atom is -0.506 e. The number of benzene rings is 3. The monoisotopic (exact) mass is 981 g/mol. The zero-order chi connectivity index (χ0) is 50.4. The molecule has 18 heteroatoms. The number of phenolic OH excluding ortho intramolecular Hbond substituents is 1. The first kappa shape index (κ1) is 52.8. The van der Waals surface area contributed by atoms with Gasteiger partial charge in [-0.1, -0.05) is 70.7 Å². The van der Waals surface area contributed by atoms with Crippen LogP contribution in [0.25, 0.3) is 10.4 Å². The highest BCUT2D eigenvalue weighted by Crippen LogP contribution is 2.30. The number of aliphatic hydroxyl groups is 1. The Bertz CT molecular complexity index is 2430. The van der Waals surface area contributed by atoms with Gasteiger partial charge in [0.2, 0.25) is 23.6 Å². The number of hydrogen-bond acceptors (Lipinski definition) is 13. The van der Waals surface area contributed by atoms with E-state index < -0.39 is 35.5 Å². The van der Waals surface area contributed by atoms with Crippen molar-refractivity contribution in [2.24, 2.45) is 5.41 Å². The van der Waals surface area contributed by atoms with Gasteiger partial charge in [-0.3, -0.25) is 24.0 Å². The standard InChI is InChI=1S/C52H67N7O10S/c1-34-47(70-33-54-34)36-16-14-35(15-17-36)30-53-49(65)42-29-39(60)31-59(42)50(66)48(52(2,3)4)56-44(62)12-10-8-6-7-9-11-13-46(64)58-26-24-57(25-27-58)38-19-21-40(22-20-38)69-32-45(63)55-41-28-37(51(67)68-5)18-23-43(41)61/h14-23,28,33,39,42,48,60-61H,6-13,24-27,29-32H2,1-5H3,(H,53,65)(H,55,63)(H,56,62)/t39-,42+,48-/m1/s1. The highest BCUT2D eigenvalue weighted by atomic mass is 32.1. The number of anilines is 2. The molecule has 6 rings (SSSR count). The van der Waals surface area contributed by atoms with Crippen LogP contribution in [-0.2, 0) is 35.3 Å². The molecule has 0 radical (unpaired) electrons. The number of unbranched alkanes of at least 4 members (excludes halogenated alkanes) is 5. The second-order valence-corrected chi connectivity index (χ2v) is 19.8. The maximum Gasteiger partial charge on any atom is 0.337 e. The average Bonchev–Trinajstić information content (AvgIpc) is 3.97. The van der Waals surface area contributed by atoms with Crippen LogP contribution in [-0.4, -0.2) is 125 Å². The van der Waals surface area contributed by atoms with Gasteiger partial charge in [0.15, 0.2) is 6.61 Å². The van der Waals surface area contributed by atoms with Crippen LogP contribution in [0.3, 0.4) is 0 Å². The third kappa shape index (κ3) is 14.7. The number of carbonyl (C=O) groups excluding carboxylic acids is 6. The number of aryl methyl sites for hydroxylation is 1. The molecule has 3 heterocycles. The smallest absolute Gasteiger partial charge is 0.337 e. The van der Waals surface area contributed by atoms with E-state index in [0.29, 0.717) is 44.8 Å². The predicted molar refractivity (Wildman–Crippen MR) is 267 cm³/mol. The number of aromatic nitrogens is 1. The summed E-state index contributed by atoms with van der Waals surface area (Å²) in [6.45, 7) is 10.2. The van der Waals surface area contributed by atoms with Crippen molar-refractivity contribution in [3.05, 3.63) is 89.1 Å². The molecule has 0 unspecified atom stereocenters. The summed E-state index contributed by atoms with van der Waals surface area (Å²) in [4.78, 5) is 88.9. The van der Waals surface area contributed by atoms with Crippen LogP contribution in [0.1, 0.15) is 100 Å². The van der Waals surface area contributed by atoms with E-state index in [1.807, 2.05) is 74.5 Å². The molecule has 5 amide bonds. The molecule has 17 nitrogen and oxygen atoms in total. The number of hydrogen-bond donors (Lipinski definition) is 5.